The molecular weight excluding hydrogens is 450 g/mol. The molecule has 166 valence electrons. The van der Waals surface area contributed by atoms with E-state index >= 15 is 0 Å². The van der Waals surface area contributed by atoms with Gasteiger partial charge in [0.15, 0.2) is 11.6 Å². The van der Waals surface area contributed by atoms with Crippen LogP contribution in [-0.4, -0.2) is 52.2 Å². The third kappa shape index (κ3) is 5.22. The quantitative estimate of drug-likeness (QED) is 0.373. The maximum Gasteiger partial charge on any atom is 0.229 e. The van der Waals surface area contributed by atoms with Crippen LogP contribution in [0, 0.1) is 0 Å². The standard InChI is InChI=1S/C21H21N5O4S2/c1-13(27)16-7-10-19(18(11-16)14-3-4-14)26-21(22-24-25-26)31-12-20(28)15-5-8-17(9-6-15)23-32(2,29)30/h5-11,14,23H,3-4,12H2,1-2H3. The Morgan fingerprint density at radius 1 is 1.12 bits per heavy atom. The lowest BCUT2D eigenvalue weighted by Gasteiger charge is -2.11. The molecule has 1 aliphatic rings. The molecule has 2 aromatic carbocycles. The number of ketones is 2. The first kappa shape index (κ1) is 22.2. The van der Waals surface area contributed by atoms with Crippen molar-refractivity contribution in [3.63, 3.8) is 0 Å². The van der Waals surface area contributed by atoms with Crippen molar-refractivity contribution in [3.05, 3.63) is 59.2 Å². The van der Waals surface area contributed by atoms with Gasteiger partial charge in [0, 0.05) is 16.8 Å². The largest absolute Gasteiger partial charge is 0.295 e. The summed E-state index contributed by atoms with van der Waals surface area (Å²) in [5, 5.41) is 12.4. The number of nitrogens with zero attached hydrogens (tertiary/aromatic N) is 4. The Labute approximate surface area is 189 Å². The lowest BCUT2D eigenvalue weighted by molar-refractivity contribution is 0.101. The second-order valence-corrected chi connectivity index (χ2v) is 10.3. The number of benzene rings is 2. The Balaban J connectivity index is 1.49. The molecule has 32 heavy (non-hydrogen) atoms. The van der Waals surface area contributed by atoms with Gasteiger partial charge in [-0.05, 0) is 84.1 Å². The molecule has 0 bridgehead atoms. The van der Waals surface area contributed by atoms with Crippen molar-refractivity contribution in [1.29, 1.82) is 0 Å². The van der Waals surface area contributed by atoms with E-state index in [1.807, 2.05) is 12.1 Å². The molecule has 11 heteroatoms. The molecule has 0 atom stereocenters. The zero-order valence-corrected chi connectivity index (χ0v) is 19.1. The van der Waals surface area contributed by atoms with Crippen molar-refractivity contribution in [3.8, 4) is 5.69 Å². The van der Waals surface area contributed by atoms with Gasteiger partial charge in [0.05, 0.1) is 17.7 Å². The van der Waals surface area contributed by atoms with E-state index in [0.29, 0.717) is 27.9 Å². The molecule has 1 saturated carbocycles. The third-order valence-corrected chi connectivity index (χ3v) is 6.49. The van der Waals surface area contributed by atoms with Gasteiger partial charge in [0.1, 0.15) is 0 Å². The highest BCUT2D eigenvalue weighted by molar-refractivity contribution is 7.99. The van der Waals surface area contributed by atoms with Crippen molar-refractivity contribution < 1.29 is 18.0 Å². The summed E-state index contributed by atoms with van der Waals surface area (Å²) in [6, 6.07) is 11.7. The van der Waals surface area contributed by atoms with Crippen molar-refractivity contribution in [2.24, 2.45) is 0 Å². The van der Waals surface area contributed by atoms with Crippen LogP contribution in [0.1, 0.15) is 52.0 Å². The minimum atomic E-state index is -3.38. The minimum absolute atomic E-state index is 0.00751. The average Bonchev–Trinajstić information content (AvgIpc) is 3.49. The molecule has 0 unspecified atom stereocenters. The zero-order chi connectivity index (χ0) is 22.9. The Morgan fingerprint density at radius 2 is 1.81 bits per heavy atom. The van der Waals surface area contributed by atoms with E-state index in [9.17, 15) is 18.0 Å². The van der Waals surface area contributed by atoms with E-state index in [0.717, 1.165) is 30.3 Å². The monoisotopic (exact) mass is 471 g/mol. The summed E-state index contributed by atoms with van der Waals surface area (Å²) < 4.78 is 26.6. The topological polar surface area (TPSA) is 124 Å². The van der Waals surface area contributed by atoms with E-state index < -0.39 is 10.0 Å². The van der Waals surface area contributed by atoms with Crippen LogP contribution >= 0.6 is 11.8 Å². The van der Waals surface area contributed by atoms with E-state index in [-0.39, 0.29) is 17.3 Å². The predicted octanol–water partition coefficient (Wildman–Crippen LogP) is 3.09. The van der Waals surface area contributed by atoms with Crippen molar-refractivity contribution >= 4 is 39.0 Å². The predicted molar refractivity (Wildman–Crippen MR) is 121 cm³/mol. The van der Waals surface area contributed by atoms with Crippen LogP contribution in [0.25, 0.3) is 5.69 Å². The second-order valence-electron chi connectivity index (χ2n) is 7.64. The average molecular weight is 472 g/mol. The summed E-state index contributed by atoms with van der Waals surface area (Å²) in [4.78, 5) is 24.4. The van der Waals surface area contributed by atoms with Crippen LogP contribution in [0.5, 0.6) is 0 Å². The number of hydrogen-bond acceptors (Lipinski definition) is 8. The maximum absolute atomic E-state index is 12.6. The third-order valence-electron chi connectivity index (χ3n) is 4.96. The molecule has 1 N–H and O–H groups in total. The van der Waals surface area contributed by atoms with Crippen molar-refractivity contribution in [2.75, 3.05) is 16.7 Å². The number of rotatable bonds is 9. The number of thioether (sulfide) groups is 1. The molecule has 9 nitrogen and oxygen atoms in total. The number of tetrazole rings is 1. The summed E-state index contributed by atoms with van der Waals surface area (Å²) in [6.45, 7) is 1.54. The van der Waals surface area contributed by atoms with E-state index in [1.54, 1.807) is 41.9 Å². The molecular formula is C21H21N5O4S2. The summed E-state index contributed by atoms with van der Waals surface area (Å²) in [5.41, 5.74) is 3.35. The van der Waals surface area contributed by atoms with Gasteiger partial charge < -0.3 is 0 Å². The highest BCUT2D eigenvalue weighted by atomic mass is 32.2. The molecule has 0 spiro atoms. The van der Waals surface area contributed by atoms with Crippen LogP contribution in [0.4, 0.5) is 5.69 Å². The summed E-state index contributed by atoms with van der Waals surface area (Å²) in [6.07, 6.45) is 3.18. The van der Waals surface area contributed by atoms with Gasteiger partial charge >= 0.3 is 0 Å². The Bertz CT molecular complexity index is 1280. The Morgan fingerprint density at radius 3 is 2.44 bits per heavy atom. The summed E-state index contributed by atoms with van der Waals surface area (Å²) in [5.74, 6) is 0.369. The molecule has 3 aromatic rings. The van der Waals surface area contributed by atoms with Gasteiger partial charge in [-0.1, -0.05) is 11.8 Å². The van der Waals surface area contributed by atoms with E-state index in [1.165, 1.54) is 11.8 Å². The first-order valence-corrected chi connectivity index (χ1v) is 12.8. The van der Waals surface area contributed by atoms with Gasteiger partial charge in [-0.2, -0.15) is 4.68 Å². The number of sulfonamides is 1. The van der Waals surface area contributed by atoms with Crippen LogP contribution in [-0.2, 0) is 10.0 Å². The molecule has 1 aliphatic carbocycles. The minimum Gasteiger partial charge on any atom is -0.295 e. The molecule has 1 aromatic heterocycles. The first-order valence-electron chi connectivity index (χ1n) is 9.89. The van der Waals surface area contributed by atoms with Gasteiger partial charge in [-0.3, -0.25) is 14.3 Å². The number of aromatic nitrogens is 4. The van der Waals surface area contributed by atoms with Gasteiger partial charge in [0.2, 0.25) is 15.2 Å². The van der Waals surface area contributed by atoms with Crippen molar-refractivity contribution in [1.82, 2.24) is 20.2 Å². The van der Waals surface area contributed by atoms with Crippen LogP contribution in [0.15, 0.2) is 47.6 Å². The molecule has 0 radical (unpaired) electrons. The number of carbonyl (C=O) groups is 2. The van der Waals surface area contributed by atoms with Gasteiger partial charge in [-0.25, -0.2) is 8.42 Å². The fourth-order valence-corrected chi connectivity index (χ4v) is 4.60. The smallest absolute Gasteiger partial charge is 0.229 e. The SMILES string of the molecule is CC(=O)c1ccc(-n2nnnc2SCC(=O)c2ccc(NS(C)(=O)=O)cc2)c(C2CC2)c1. The van der Waals surface area contributed by atoms with Crippen molar-refractivity contribution in [2.45, 2.75) is 30.8 Å². The van der Waals surface area contributed by atoms with Gasteiger partial charge in [-0.15, -0.1) is 5.10 Å². The first-order chi connectivity index (χ1) is 15.2. The number of anilines is 1. The molecule has 4 rings (SSSR count). The fraction of sp³-hybridized carbons (Fsp3) is 0.286. The van der Waals surface area contributed by atoms with Crippen LogP contribution in [0.2, 0.25) is 0 Å². The number of carbonyl (C=O) groups excluding carboxylic acids is 2. The Hall–Kier alpha value is -3.05. The number of nitrogens with one attached hydrogen (secondary N) is 1. The van der Waals surface area contributed by atoms with E-state index in [2.05, 4.69) is 20.2 Å². The molecule has 0 aliphatic heterocycles. The lowest BCUT2D eigenvalue weighted by Crippen LogP contribution is -2.10. The van der Waals surface area contributed by atoms with Crippen LogP contribution in [0.3, 0.4) is 0 Å². The van der Waals surface area contributed by atoms with E-state index in [4.69, 9.17) is 0 Å². The maximum atomic E-state index is 12.6. The summed E-state index contributed by atoms with van der Waals surface area (Å²) >= 11 is 1.22. The highest BCUT2D eigenvalue weighted by Crippen LogP contribution is 2.43. The molecule has 1 heterocycles. The lowest BCUT2D eigenvalue weighted by atomic mass is 10.0. The zero-order valence-electron chi connectivity index (χ0n) is 17.5. The molecule has 0 saturated heterocycles. The fourth-order valence-electron chi connectivity index (χ4n) is 3.26. The number of Topliss-reactive ketones (excluding diaryl/α,β-unsaturated/α-hetero) is 2. The van der Waals surface area contributed by atoms with Crippen LogP contribution < -0.4 is 4.72 Å². The number of hydrogen-bond donors (Lipinski definition) is 1. The summed E-state index contributed by atoms with van der Waals surface area (Å²) in [7, 11) is -3.38. The van der Waals surface area contributed by atoms with Gasteiger partial charge in [0.25, 0.3) is 0 Å². The Kier molecular flexibility index (Phi) is 6.11. The second kappa shape index (κ2) is 8.83. The molecule has 1 fully saturated rings. The normalized spacial score (nSPS) is 13.7. The highest BCUT2D eigenvalue weighted by Gasteiger charge is 2.28. The molecule has 0 amide bonds.